The standard InChI is InChI=1S/C20H20N2O3S/c1-12-20(24)22-17-10-15(6-8-18(17)25-12)21-19(23)11-26-16-7-5-13-3-2-4-14(13)9-16/h5-10,12H,2-4,11H2,1H3,(H,21,23)(H,22,24). The van der Waals surface area contributed by atoms with Crippen LogP contribution in [0.5, 0.6) is 5.75 Å². The fourth-order valence-electron chi connectivity index (χ4n) is 3.27. The van der Waals surface area contributed by atoms with Gasteiger partial charge in [0.15, 0.2) is 6.10 Å². The number of thioether (sulfide) groups is 1. The number of aryl methyl sites for hydroxylation is 2. The Kier molecular flexibility index (Phi) is 4.59. The summed E-state index contributed by atoms with van der Waals surface area (Å²) in [6, 6.07) is 11.7. The molecule has 0 radical (unpaired) electrons. The Hall–Kier alpha value is -2.47. The summed E-state index contributed by atoms with van der Waals surface area (Å²) in [5.41, 5.74) is 4.07. The van der Waals surface area contributed by atoms with Crippen LogP contribution in [0.2, 0.25) is 0 Å². The Balaban J connectivity index is 1.36. The van der Waals surface area contributed by atoms with Crippen molar-refractivity contribution in [1.29, 1.82) is 0 Å². The molecule has 2 aromatic carbocycles. The van der Waals surface area contributed by atoms with Crippen LogP contribution in [0.25, 0.3) is 0 Å². The topological polar surface area (TPSA) is 67.4 Å². The van der Waals surface area contributed by atoms with Crippen molar-refractivity contribution in [1.82, 2.24) is 0 Å². The van der Waals surface area contributed by atoms with E-state index in [4.69, 9.17) is 4.74 Å². The number of anilines is 2. The third-order valence-corrected chi connectivity index (χ3v) is 5.63. The van der Waals surface area contributed by atoms with Crippen LogP contribution in [0.4, 0.5) is 11.4 Å². The number of carbonyl (C=O) groups is 2. The van der Waals surface area contributed by atoms with E-state index in [-0.39, 0.29) is 11.8 Å². The minimum atomic E-state index is -0.508. The lowest BCUT2D eigenvalue weighted by Crippen LogP contribution is -2.34. The summed E-state index contributed by atoms with van der Waals surface area (Å²) in [6.07, 6.45) is 3.02. The molecule has 5 nitrogen and oxygen atoms in total. The normalized spacial score (nSPS) is 17.7. The van der Waals surface area contributed by atoms with Gasteiger partial charge in [-0.05, 0) is 67.6 Å². The van der Waals surface area contributed by atoms with Gasteiger partial charge in [0, 0.05) is 10.6 Å². The first-order chi connectivity index (χ1) is 12.6. The second-order valence-electron chi connectivity index (χ2n) is 6.58. The molecule has 2 N–H and O–H groups in total. The molecule has 1 aliphatic carbocycles. The van der Waals surface area contributed by atoms with Crippen molar-refractivity contribution in [3.8, 4) is 5.75 Å². The van der Waals surface area contributed by atoms with E-state index in [0.717, 1.165) is 17.7 Å². The fourth-order valence-corrected chi connectivity index (χ4v) is 4.03. The minimum absolute atomic E-state index is 0.0770. The highest BCUT2D eigenvalue weighted by Gasteiger charge is 2.23. The molecule has 0 fully saturated rings. The van der Waals surface area contributed by atoms with Crippen molar-refractivity contribution in [3.63, 3.8) is 0 Å². The van der Waals surface area contributed by atoms with Crippen LogP contribution >= 0.6 is 11.8 Å². The summed E-state index contributed by atoms with van der Waals surface area (Å²) in [7, 11) is 0. The predicted octanol–water partition coefficient (Wildman–Crippen LogP) is 3.63. The molecule has 0 saturated carbocycles. The lowest BCUT2D eigenvalue weighted by Gasteiger charge is -2.23. The van der Waals surface area contributed by atoms with Gasteiger partial charge in [0.25, 0.3) is 5.91 Å². The predicted molar refractivity (Wildman–Crippen MR) is 103 cm³/mol. The second kappa shape index (κ2) is 7.03. The van der Waals surface area contributed by atoms with Crippen molar-refractivity contribution in [2.75, 3.05) is 16.4 Å². The minimum Gasteiger partial charge on any atom is -0.479 e. The summed E-state index contributed by atoms with van der Waals surface area (Å²) in [5.74, 6) is 0.693. The number of hydrogen-bond donors (Lipinski definition) is 2. The number of amides is 2. The van der Waals surface area contributed by atoms with Gasteiger partial charge in [-0.25, -0.2) is 0 Å². The van der Waals surface area contributed by atoms with Crippen molar-refractivity contribution in [3.05, 3.63) is 47.5 Å². The molecule has 134 valence electrons. The maximum Gasteiger partial charge on any atom is 0.265 e. The lowest BCUT2D eigenvalue weighted by molar-refractivity contribution is -0.122. The van der Waals surface area contributed by atoms with Crippen molar-refractivity contribution in [2.24, 2.45) is 0 Å². The summed E-state index contributed by atoms with van der Waals surface area (Å²) in [6.45, 7) is 1.70. The first-order valence-corrected chi connectivity index (χ1v) is 9.73. The Labute approximate surface area is 156 Å². The Morgan fingerprint density at radius 2 is 2.08 bits per heavy atom. The zero-order chi connectivity index (χ0) is 18.1. The number of carbonyl (C=O) groups excluding carboxylic acids is 2. The van der Waals surface area contributed by atoms with E-state index in [0.29, 0.717) is 22.9 Å². The Bertz CT molecular complexity index is 881. The van der Waals surface area contributed by atoms with Gasteiger partial charge >= 0.3 is 0 Å². The van der Waals surface area contributed by atoms with Crippen molar-refractivity contribution >= 4 is 35.0 Å². The summed E-state index contributed by atoms with van der Waals surface area (Å²) in [5, 5.41) is 5.66. The van der Waals surface area contributed by atoms with Crippen molar-refractivity contribution in [2.45, 2.75) is 37.2 Å². The number of nitrogens with one attached hydrogen (secondary N) is 2. The molecule has 2 aliphatic rings. The highest BCUT2D eigenvalue weighted by Crippen LogP contribution is 2.32. The number of ether oxygens (including phenoxy) is 1. The molecule has 1 unspecified atom stereocenters. The first-order valence-electron chi connectivity index (χ1n) is 8.74. The van der Waals surface area contributed by atoms with Crippen molar-refractivity contribution < 1.29 is 14.3 Å². The van der Waals surface area contributed by atoms with Crippen LogP contribution < -0.4 is 15.4 Å². The molecule has 0 saturated heterocycles. The molecule has 4 rings (SSSR count). The molecule has 26 heavy (non-hydrogen) atoms. The van der Waals surface area contributed by atoms with Crippen LogP contribution in [0.15, 0.2) is 41.3 Å². The number of rotatable bonds is 4. The molecular weight excluding hydrogens is 348 g/mol. The van der Waals surface area contributed by atoms with Gasteiger partial charge < -0.3 is 15.4 Å². The molecule has 2 aromatic rings. The zero-order valence-corrected chi connectivity index (χ0v) is 15.3. The van der Waals surface area contributed by atoms with Gasteiger partial charge in [0.2, 0.25) is 5.91 Å². The van der Waals surface area contributed by atoms with E-state index in [1.807, 2.05) is 0 Å². The highest BCUT2D eigenvalue weighted by atomic mass is 32.2. The number of hydrogen-bond acceptors (Lipinski definition) is 4. The molecule has 0 bridgehead atoms. The van der Waals surface area contributed by atoms with Gasteiger partial charge in [-0.2, -0.15) is 0 Å². The van der Waals surface area contributed by atoms with Gasteiger partial charge in [-0.15, -0.1) is 11.8 Å². The lowest BCUT2D eigenvalue weighted by atomic mass is 10.1. The maximum absolute atomic E-state index is 12.3. The SMILES string of the molecule is CC1Oc2ccc(NC(=O)CSc3ccc4c(c3)CCC4)cc2NC1=O. The third-order valence-electron chi connectivity index (χ3n) is 4.63. The van der Waals surface area contributed by atoms with Gasteiger partial charge in [-0.1, -0.05) is 6.07 Å². The van der Waals surface area contributed by atoms with E-state index >= 15 is 0 Å². The molecule has 1 aliphatic heterocycles. The second-order valence-corrected chi connectivity index (χ2v) is 7.63. The monoisotopic (exact) mass is 368 g/mol. The van der Waals surface area contributed by atoms with E-state index in [1.54, 1.807) is 25.1 Å². The van der Waals surface area contributed by atoms with Crippen LogP contribution in [-0.4, -0.2) is 23.7 Å². The van der Waals surface area contributed by atoms with Crippen LogP contribution in [0.1, 0.15) is 24.5 Å². The quantitative estimate of drug-likeness (QED) is 0.809. The first kappa shape index (κ1) is 17.0. The number of fused-ring (bicyclic) bond motifs is 2. The summed E-state index contributed by atoms with van der Waals surface area (Å²) >= 11 is 1.54. The van der Waals surface area contributed by atoms with Gasteiger partial charge in [0.1, 0.15) is 5.75 Å². The molecule has 6 heteroatoms. The Morgan fingerprint density at radius 1 is 1.23 bits per heavy atom. The fraction of sp³-hybridized carbons (Fsp3) is 0.300. The molecular formula is C20H20N2O3S. The van der Waals surface area contributed by atoms with Crippen LogP contribution in [0.3, 0.4) is 0 Å². The van der Waals surface area contributed by atoms with E-state index < -0.39 is 6.10 Å². The van der Waals surface area contributed by atoms with E-state index in [9.17, 15) is 9.59 Å². The van der Waals surface area contributed by atoms with Gasteiger partial charge in [-0.3, -0.25) is 9.59 Å². The average Bonchev–Trinajstić information content (AvgIpc) is 3.09. The number of benzene rings is 2. The molecule has 1 atom stereocenters. The van der Waals surface area contributed by atoms with Gasteiger partial charge in [0.05, 0.1) is 11.4 Å². The van der Waals surface area contributed by atoms with E-state index in [2.05, 4.69) is 28.8 Å². The van der Waals surface area contributed by atoms with Crippen LogP contribution in [-0.2, 0) is 22.4 Å². The molecule has 0 aromatic heterocycles. The smallest absolute Gasteiger partial charge is 0.265 e. The Morgan fingerprint density at radius 3 is 2.96 bits per heavy atom. The molecule has 0 spiro atoms. The largest absolute Gasteiger partial charge is 0.479 e. The summed E-state index contributed by atoms with van der Waals surface area (Å²) in [4.78, 5) is 25.1. The molecule has 2 amide bonds. The molecule has 1 heterocycles. The highest BCUT2D eigenvalue weighted by molar-refractivity contribution is 8.00. The zero-order valence-electron chi connectivity index (χ0n) is 14.5. The third kappa shape index (κ3) is 3.55. The summed E-state index contributed by atoms with van der Waals surface area (Å²) < 4.78 is 5.52. The average molecular weight is 368 g/mol. The maximum atomic E-state index is 12.3. The van der Waals surface area contributed by atoms with E-state index in [1.165, 1.54) is 29.3 Å². The van der Waals surface area contributed by atoms with Crippen LogP contribution in [0, 0.1) is 0 Å².